The van der Waals surface area contributed by atoms with Crippen LogP contribution < -0.4 is 14.5 Å². The number of fused-ring (bicyclic) bond motifs is 4. The number of alkyl halides is 2. The van der Waals surface area contributed by atoms with Crippen molar-refractivity contribution in [2.75, 3.05) is 16.9 Å². The first-order valence-corrected chi connectivity index (χ1v) is 16.1. The Morgan fingerprint density at radius 1 is 0.837 bits per heavy atom. The number of methoxy groups -OCH3 is 1. The van der Waals surface area contributed by atoms with Crippen molar-refractivity contribution in [3.63, 3.8) is 0 Å². The average molecular weight is 786 g/mol. The molecule has 2 aliphatic carbocycles. The maximum atomic E-state index is 15.2. The summed E-state index contributed by atoms with van der Waals surface area (Å²) < 4.78 is 79.0. The van der Waals surface area contributed by atoms with E-state index in [0.29, 0.717) is 4.47 Å². The van der Waals surface area contributed by atoms with Crippen LogP contribution in [-0.4, -0.2) is 45.6 Å². The number of allylic oxidation sites excluding steroid dienone is 2. The van der Waals surface area contributed by atoms with Crippen LogP contribution >= 0.6 is 39.1 Å². The second-order valence-electron chi connectivity index (χ2n) is 12.1. The number of aromatic hydroxyl groups is 1. The lowest BCUT2D eigenvalue weighted by Gasteiger charge is -2.50. The van der Waals surface area contributed by atoms with E-state index in [-0.39, 0.29) is 33.9 Å². The zero-order valence-electron chi connectivity index (χ0n) is 24.7. The van der Waals surface area contributed by atoms with Crippen LogP contribution in [0.3, 0.4) is 0 Å². The monoisotopic (exact) mass is 784 g/mol. The van der Waals surface area contributed by atoms with Gasteiger partial charge in [0.15, 0.2) is 33.0 Å². The van der Waals surface area contributed by atoms with Crippen molar-refractivity contribution in [1.82, 2.24) is 0 Å². The minimum Gasteiger partial charge on any atom is -0.508 e. The van der Waals surface area contributed by atoms with Crippen LogP contribution in [0.1, 0.15) is 24.3 Å². The molecule has 16 heteroatoms. The van der Waals surface area contributed by atoms with Gasteiger partial charge in [0.25, 0.3) is 11.8 Å². The van der Waals surface area contributed by atoms with Crippen LogP contribution in [0.4, 0.5) is 33.3 Å². The Morgan fingerprint density at radius 3 is 2.04 bits per heavy atom. The van der Waals surface area contributed by atoms with E-state index in [1.165, 1.54) is 25.3 Å². The van der Waals surface area contributed by atoms with Gasteiger partial charge in [0.05, 0.1) is 24.6 Å². The summed E-state index contributed by atoms with van der Waals surface area (Å²) in [6, 6.07) is 10.2. The Morgan fingerprint density at radius 2 is 1.45 bits per heavy atom. The molecule has 0 bridgehead atoms. The molecule has 3 fully saturated rings. The molecule has 0 aromatic heterocycles. The van der Waals surface area contributed by atoms with Gasteiger partial charge in [-0.2, -0.15) is 0 Å². The number of imide groups is 2. The number of nitrogens with zero attached hydrogens (tertiary/aromatic N) is 2. The molecule has 2 aliphatic heterocycles. The Balaban J connectivity index is 1.44. The predicted molar refractivity (Wildman–Crippen MR) is 168 cm³/mol. The minimum absolute atomic E-state index is 0.0483. The van der Waals surface area contributed by atoms with Crippen LogP contribution in [0.2, 0.25) is 0 Å². The van der Waals surface area contributed by atoms with Crippen molar-refractivity contribution in [3.8, 4) is 11.5 Å². The van der Waals surface area contributed by atoms with Gasteiger partial charge in [-0.3, -0.25) is 24.1 Å². The predicted octanol–water partition coefficient (Wildman–Crippen LogP) is 6.63. The molecule has 49 heavy (non-hydrogen) atoms. The Kier molecular flexibility index (Phi) is 7.69. The highest BCUT2D eigenvalue weighted by atomic mass is 79.9. The number of anilines is 2. The zero-order chi connectivity index (χ0) is 35.5. The van der Waals surface area contributed by atoms with E-state index in [1.807, 2.05) is 0 Å². The molecule has 3 aromatic rings. The maximum Gasteiger partial charge on any atom is 0.258 e. The minimum atomic E-state index is -2.76. The van der Waals surface area contributed by atoms with Crippen molar-refractivity contribution in [3.05, 3.63) is 93.2 Å². The molecule has 1 N–H and O–H groups in total. The Labute approximate surface area is 292 Å². The van der Waals surface area contributed by atoms with Gasteiger partial charge < -0.3 is 9.84 Å². The fourth-order valence-electron chi connectivity index (χ4n) is 7.65. The fourth-order valence-corrected chi connectivity index (χ4v) is 8.84. The highest BCUT2D eigenvalue weighted by molar-refractivity contribution is 9.10. The molecule has 1 saturated carbocycles. The average Bonchev–Trinajstić information content (AvgIpc) is 3.42. The first-order valence-electron chi connectivity index (χ1n) is 14.6. The number of hydrogen-bond donors (Lipinski definition) is 1. The summed E-state index contributed by atoms with van der Waals surface area (Å²) in [5.41, 5.74) is -1.56. The standard InChI is InChI=1S/C33H20BrCl2F5N2O6/c1-49-14-6-7-16(19(44)10-14)21-15-8-9-17-20(29(46)42(28(17)45)13-4-2-12(34)3-5-13)18(15)11-32(35)30(47)43(31(48)33(21,32)36)27-25(40)23(38)22(37)24(39)26(27)41/h2-8,10,17-18,20-21,44H,9,11H2,1H3/t17-,18+,20-,21+,32+,33-/m0/s1. The third kappa shape index (κ3) is 4.32. The van der Waals surface area contributed by atoms with Crippen molar-refractivity contribution < 1.29 is 51.0 Å². The molecule has 0 unspecified atom stereocenters. The number of amides is 4. The molecule has 4 aliphatic rings. The number of carbonyl (C=O) groups is 4. The number of carbonyl (C=O) groups excluding carboxylic acids is 4. The zero-order valence-corrected chi connectivity index (χ0v) is 27.8. The lowest BCUT2D eigenvalue weighted by atomic mass is 9.56. The number of hydrogen-bond acceptors (Lipinski definition) is 6. The molecule has 3 aromatic carbocycles. The SMILES string of the molecule is COc1ccc([C@H]2C3=CC[C@@H]4C(=O)N(c5ccc(Br)cc5)C(=O)[C@@H]4[C@@H]3C[C@@]3(Cl)C(=O)N(c4c(F)c(F)c(F)c(F)c4F)C(=O)[C@@]23Cl)c(O)c1. The summed E-state index contributed by atoms with van der Waals surface area (Å²) >= 11 is 17.5. The largest absolute Gasteiger partial charge is 0.508 e. The molecule has 2 heterocycles. The number of rotatable bonds is 4. The van der Waals surface area contributed by atoms with E-state index >= 15 is 8.78 Å². The molecule has 4 amide bonds. The van der Waals surface area contributed by atoms with Crippen molar-refractivity contribution in [2.45, 2.75) is 28.5 Å². The van der Waals surface area contributed by atoms with Gasteiger partial charge in [-0.1, -0.05) is 33.6 Å². The lowest BCUT2D eigenvalue weighted by molar-refractivity contribution is -0.125. The molecule has 0 radical (unpaired) electrons. The maximum absolute atomic E-state index is 15.2. The first kappa shape index (κ1) is 33.5. The van der Waals surface area contributed by atoms with Gasteiger partial charge in [0, 0.05) is 22.0 Å². The van der Waals surface area contributed by atoms with Crippen LogP contribution in [0.15, 0.2) is 58.6 Å². The summed E-state index contributed by atoms with van der Waals surface area (Å²) in [4.78, 5) is 51.7. The Hall–Kier alpha value is -4.01. The smallest absolute Gasteiger partial charge is 0.258 e. The van der Waals surface area contributed by atoms with Crippen LogP contribution in [-0.2, 0) is 19.2 Å². The van der Waals surface area contributed by atoms with Crippen LogP contribution in [0.5, 0.6) is 11.5 Å². The van der Waals surface area contributed by atoms with E-state index < -0.39 is 104 Å². The summed E-state index contributed by atoms with van der Waals surface area (Å²) in [7, 11) is 1.31. The van der Waals surface area contributed by atoms with E-state index in [1.54, 1.807) is 24.3 Å². The highest BCUT2D eigenvalue weighted by Gasteiger charge is 2.77. The number of phenolic OH excluding ortho intramolecular Hbond substituents is 1. The van der Waals surface area contributed by atoms with E-state index in [0.717, 1.165) is 11.0 Å². The van der Waals surface area contributed by atoms with Gasteiger partial charge in [-0.05, 0) is 49.1 Å². The molecule has 254 valence electrons. The van der Waals surface area contributed by atoms with Gasteiger partial charge in [-0.15, -0.1) is 23.2 Å². The third-order valence-corrected chi connectivity index (χ3v) is 11.8. The topological polar surface area (TPSA) is 104 Å². The van der Waals surface area contributed by atoms with Crippen molar-refractivity contribution in [2.24, 2.45) is 17.8 Å². The number of ether oxygens (including phenoxy) is 1. The molecule has 2 saturated heterocycles. The van der Waals surface area contributed by atoms with Crippen LogP contribution in [0, 0.1) is 46.8 Å². The van der Waals surface area contributed by atoms with Gasteiger partial charge in [-0.25, -0.2) is 26.9 Å². The molecular weight excluding hydrogens is 766 g/mol. The van der Waals surface area contributed by atoms with E-state index in [4.69, 9.17) is 27.9 Å². The highest BCUT2D eigenvalue weighted by Crippen LogP contribution is 2.67. The number of halogens is 8. The molecule has 0 spiro atoms. The van der Waals surface area contributed by atoms with Crippen LogP contribution in [0.25, 0.3) is 0 Å². The van der Waals surface area contributed by atoms with Crippen molar-refractivity contribution in [1.29, 1.82) is 0 Å². The summed E-state index contributed by atoms with van der Waals surface area (Å²) in [5, 5.41) is 11.2. The summed E-state index contributed by atoms with van der Waals surface area (Å²) in [6.45, 7) is 0. The second kappa shape index (κ2) is 11.3. The normalized spacial score (nSPS) is 29.2. The summed E-state index contributed by atoms with van der Waals surface area (Å²) in [6.07, 6.45) is 0.825. The lowest BCUT2D eigenvalue weighted by Crippen LogP contribution is -2.60. The fraction of sp³-hybridized carbons (Fsp3) is 0.273. The third-order valence-electron chi connectivity index (χ3n) is 9.85. The first-order chi connectivity index (χ1) is 23.1. The second-order valence-corrected chi connectivity index (χ2v) is 14.3. The summed E-state index contributed by atoms with van der Waals surface area (Å²) in [5.74, 6) is -22.1. The molecule has 8 nitrogen and oxygen atoms in total. The number of benzene rings is 3. The van der Waals surface area contributed by atoms with E-state index in [9.17, 15) is 37.5 Å². The van der Waals surface area contributed by atoms with Gasteiger partial charge >= 0.3 is 0 Å². The molecule has 6 atom stereocenters. The Bertz CT molecular complexity index is 2040. The molecular formula is C33H20BrCl2F5N2O6. The van der Waals surface area contributed by atoms with Gasteiger partial charge in [0.2, 0.25) is 17.6 Å². The molecule has 7 rings (SSSR count). The van der Waals surface area contributed by atoms with E-state index in [2.05, 4.69) is 15.9 Å². The number of phenols is 1. The van der Waals surface area contributed by atoms with Gasteiger partial charge in [0.1, 0.15) is 17.2 Å². The van der Waals surface area contributed by atoms with Crippen molar-refractivity contribution >= 4 is 74.1 Å². The quantitative estimate of drug-likeness (QED) is 0.0797.